The fourth-order valence-corrected chi connectivity index (χ4v) is 3.59. The van der Waals surface area contributed by atoms with Crippen molar-refractivity contribution >= 4 is 9.84 Å². The van der Waals surface area contributed by atoms with Gasteiger partial charge in [-0.25, -0.2) is 12.8 Å². The molecular formula is C21H22FN3O5S. The lowest BCUT2D eigenvalue weighted by atomic mass is 10.2. The predicted octanol–water partition coefficient (Wildman–Crippen LogP) is 3.11. The third kappa shape index (κ3) is 5.08. The summed E-state index contributed by atoms with van der Waals surface area (Å²) in [6, 6.07) is 8.34. The molecule has 0 aliphatic carbocycles. The largest absolute Gasteiger partial charge is 0.493 e. The number of benzene rings is 1. The highest BCUT2D eigenvalue weighted by atomic mass is 32.2. The summed E-state index contributed by atoms with van der Waals surface area (Å²) in [5.74, 6) is -1.13. The molecule has 0 amide bonds. The first-order chi connectivity index (χ1) is 14.6. The number of methoxy groups -OCH3 is 1. The van der Waals surface area contributed by atoms with E-state index in [2.05, 4.69) is 9.97 Å². The summed E-state index contributed by atoms with van der Waals surface area (Å²) >= 11 is 0. The Morgan fingerprint density at radius 3 is 2.55 bits per heavy atom. The molecule has 0 unspecified atom stereocenters. The zero-order chi connectivity index (χ0) is 22.8. The molecule has 10 heteroatoms. The van der Waals surface area contributed by atoms with Gasteiger partial charge in [-0.2, -0.15) is 9.97 Å². The molecule has 2 aromatic heterocycles. The van der Waals surface area contributed by atoms with E-state index in [4.69, 9.17) is 9.47 Å². The highest BCUT2D eigenvalue weighted by molar-refractivity contribution is 7.91. The van der Waals surface area contributed by atoms with Crippen LogP contribution in [0.25, 0.3) is 11.3 Å². The zero-order valence-electron chi connectivity index (χ0n) is 17.5. The molecular weight excluding hydrogens is 425 g/mol. The summed E-state index contributed by atoms with van der Waals surface area (Å²) in [5, 5.41) is -0.612. The van der Waals surface area contributed by atoms with E-state index >= 15 is 0 Å². The fourth-order valence-electron chi connectivity index (χ4n) is 2.70. The zero-order valence-corrected chi connectivity index (χ0v) is 18.3. The van der Waals surface area contributed by atoms with Gasteiger partial charge in [0, 0.05) is 24.9 Å². The van der Waals surface area contributed by atoms with Gasteiger partial charge in [0.25, 0.3) is 0 Å². The molecule has 0 aliphatic rings. The van der Waals surface area contributed by atoms with Gasteiger partial charge in [-0.3, -0.25) is 4.79 Å². The number of ether oxygens (including phenoxy) is 2. The quantitative estimate of drug-likeness (QED) is 0.549. The number of pyridine rings is 1. The lowest BCUT2D eigenvalue weighted by Crippen LogP contribution is -2.17. The van der Waals surface area contributed by atoms with Crippen molar-refractivity contribution in [1.29, 1.82) is 0 Å². The topological polar surface area (TPSA) is 100 Å². The maximum absolute atomic E-state index is 14.3. The third-order valence-corrected chi connectivity index (χ3v) is 6.69. The molecule has 0 radical (unpaired) electrons. The second-order valence-corrected chi connectivity index (χ2v) is 9.68. The highest BCUT2D eigenvalue weighted by Crippen LogP contribution is 2.33. The van der Waals surface area contributed by atoms with E-state index in [1.807, 2.05) is 0 Å². The molecule has 3 rings (SSSR count). The number of sulfone groups is 1. The molecule has 31 heavy (non-hydrogen) atoms. The van der Waals surface area contributed by atoms with E-state index in [1.54, 1.807) is 33.2 Å². The van der Waals surface area contributed by atoms with Crippen molar-refractivity contribution in [2.75, 3.05) is 7.11 Å². The van der Waals surface area contributed by atoms with Gasteiger partial charge in [-0.05, 0) is 38.1 Å². The van der Waals surface area contributed by atoms with Crippen molar-refractivity contribution in [2.45, 2.75) is 24.9 Å². The van der Waals surface area contributed by atoms with Crippen LogP contribution >= 0.6 is 0 Å². The summed E-state index contributed by atoms with van der Waals surface area (Å²) in [6.07, 6.45) is 1.55. The van der Waals surface area contributed by atoms with E-state index in [-0.39, 0.29) is 34.5 Å². The maximum Gasteiger partial charge on any atom is 0.323 e. The summed E-state index contributed by atoms with van der Waals surface area (Å²) in [4.78, 5) is 20.2. The van der Waals surface area contributed by atoms with Gasteiger partial charge < -0.3 is 14.0 Å². The Labute approximate surface area is 179 Å². The maximum atomic E-state index is 14.3. The smallest absolute Gasteiger partial charge is 0.323 e. The van der Waals surface area contributed by atoms with Gasteiger partial charge in [0.05, 0.1) is 29.5 Å². The minimum absolute atomic E-state index is 0.132. The van der Waals surface area contributed by atoms with Crippen molar-refractivity contribution < 1.29 is 22.3 Å². The van der Waals surface area contributed by atoms with Gasteiger partial charge in [-0.15, -0.1) is 0 Å². The lowest BCUT2D eigenvalue weighted by Gasteiger charge is -2.13. The molecule has 0 fully saturated rings. The second kappa shape index (κ2) is 8.84. The summed E-state index contributed by atoms with van der Waals surface area (Å²) in [5.41, 5.74) is 0.828. The Balaban J connectivity index is 2.13. The van der Waals surface area contributed by atoms with Crippen LogP contribution in [0.15, 0.2) is 47.4 Å². The minimum Gasteiger partial charge on any atom is -0.493 e. The van der Waals surface area contributed by atoms with Crippen LogP contribution in [0.3, 0.4) is 0 Å². The molecule has 3 aromatic rings. The van der Waals surface area contributed by atoms with Gasteiger partial charge in [0.15, 0.2) is 21.4 Å². The number of nitrogens with zero attached hydrogens (tertiary/aromatic N) is 3. The molecule has 1 aromatic carbocycles. The van der Waals surface area contributed by atoms with Crippen LogP contribution in [-0.2, 0) is 22.6 Å². The number of aromatic nitrogens is 3. The number of hydrogen-bond acceptors (Lipinski definition) is 7. The molecule has 0 aliphatic heterocycles. The van der Waals surface area contributed by atoms with E-state index in [0.717, 1.165) is 0 Å². The van der Waals surface area contributed by atoms with Crippen LogP contribution in [0.5, 0.6) is 17.5 Å². The Kier molecular flexibility index (Phi) is 6.40. The molecule has 164 valence electrons. The summed E-state index contributed by atoms with van der Waals surface area (Å²) in [6.45, 7) is 3.15. The van der Waals surface area contributed by atoms with Crippen LogP contribution < -0.4 is 15.0 Å². The first-order valence-corrected chi connectivity index (χ1v) is 11.1. The van der Waals surface area contributed by atoms with Gasteiger partial charge >= 0.3 is 6.01 Å². The number of rotatable bonds is 7. The fraction of sp³-hybridized carbons (Fsp3) is 0.286. The molecule has 0 atom stereocenters. The first-order valence-electron chi connectivity index (χ1n) is 9.37. The molecule has 8 nitrogen and oxygen atoms in total. The number of halogens is 1. The van der Waals surface area contributed by atoms with Crippen molar-refractivity contribution in [2.24, 2.45) is 7.05 Å². The monoisotopic (exact) mass is 447 g/mol. The van der Waals surface area contributed by atoms with Gasteiger partial charge in [-0.1, -0.05) is 6.07 Å². The molecule has 0 spiro atoms. The normalized spacial score (nSPS) is 11.5. The van der Waals surface area contributed by atoms with Gasteiger partial charge in [0.2, 0.25) is 11.3 Å². The minimum atomic E-state index is -3.48. The van der Waals surface area contributed by atoms with E-state index in [0.29, 0.717) is 11.3 Å². The predicted molar refractivity (Wildman–Crippen MR) is 113 cm³/mol. The van der Waals surface area contributed by atoms with Crippen molar-refractivity contribution in [3.8, 4) is 28.8 Å². The summed E-state index contributed by atoms with van der Waals surface area (Å²) in [7, 11) is -0.528. The number of hydrogen-bond donors (Lipinski definition) is 0. The van der Waals surface area contributed by atoms with Crippen LogP contribution in [0.2, 0.25) is 0 Å². The first kappa shape index (κ1) is 22.4. The second-order valence-electron chi connectivity index (χ2n) is 7.12. The SMILES string of the molecule is COc1cccc(F)c1Oc1nc(CS(=O)(=O)C(C)C)cc(-c2ccc(=O)n(C)c2)n1. The van der Waals surface area contributed by atoms with Crippen molar-refractivity contribution in [3.63, 3.8) is 0 Å². The molecule has 0 bridgehead atoms. The summed E-state index contributed by atoms with van der Waals surface area (Å²) < 4.78 is 51.3. The van der Waals surface area contributed by atoms with Crippen LogP contribution in [0, 0.1) is 5.82 Å². The lowest BCUT2D eigenvalue weighted by molar-refractivity contribution is 0.351. The number of para-hydroxylation sites is 1. The average Bonchev–Trinajstić information content (AvgIpc) is 2.71. The molecule has 0 saturated heterocycles. The Morgan fingerprint density at radius 1 is 1.16 bits per heavy atom. The van der Waals surface area contributed by atoms with Crippen LogP contribution in [0.1, 0.15) is 19.5 Å². The van der Waals surface area contributed by atoms with E-state index in [1.165, 1.54) is 42.0 Å². The molecule has 2 heterocycles. The van der Waals surface area contributed by atoms with Crippen molar-refractivity contribution in [1.82, 2.24) is 14.5 Å². The standard InChI is InChI=1S/C21H22FN3O5S/c1-13(2)31(27,28)12-15-10-17(14-8-9-19(26)25(3)11-14)24-21(23-15)30-20-16(22)6-5-7-18(20)29-4/h5-11,13H,12H2,1-4H3. The van der Waals surface area contributed by atoms with Crippen LogP contribution in [-0.4, -0.2) is 35.3 Å². The Morgan fingerprint density at radius 2 is 1.90 bits per heavy atom. The average molecular weight is 447 g/mol. The number of aryl methyl sites for hydroxylation is 1. The van der Waals surface area contributed by atoms with Crippen molar-refractivity contribution in [3.05, 3.63) is 64.5 Å². The van der Waals surface area contributed by atoms with Crippen LogP contribution in [0.4, 0.5) is 4.39 Å². The third-order valence-electron chi connectivity index (χ3n) is 4.55. The molecule has 0 saturated carbocycles. The van der Waals surface area contributed by atoms with Gasteiger partial charge in [0.1, 0.15) is 0 Å². The van der Waals surface area contributed by atoms with E-state index in [9.17, 15) is 17.6 Å². The molecule has 0 N–H and O–H groups in total. The Bertz CT molecular complexity index is 1270. The Hall–Kier alpha value is -3.27. The highest BCUT2D eigenvalue weighted by Gasteiger charge is 2.21. The van der Waals surface area contributed by atoms with E-state index < -0.39 is 20.9 Å².